The number of thiocarbonyl (C=S) groups is 1. The Morgan fingerprint density at radius 3 is 2.10 bits per heavy atom. The second-order valence-electron chi connectivity index (χ2n) is 7.75. The van der Waals surface area contributed by atoms with Crippen LogP contribution in [0, 0.1) is 0 Å². The Hall–Kier alpha value is -2.61. The fourth-order valence-electron chi connectivity index (χ4n) is 4.06. The van der Waals surface area contributed by atoms with E-state index in [1.54, 1.807) is 0 Å². The molecule has 0 unspecified atom stereocenters. The van der Waals surface area contributed by atoms with Crippen molar-refractivity contribution in [1.29, 1.82) is 0 Å². The van der Waals surface area contributed by atoms with Crippen LogP contribution in [0.3, 0.4) is 0 Å². The van der Waals surface area contributed by atoms with Gasteiger partial charge in [-0.2, -0.15) is 9.97 Å². The Bertz CT molecular complexity index is 831. The number of nitrogens with one attached hydrogen (secondary N) is 2. The molecule has 0 aliphatic carbocycles. The third-order valence-electron chi connectivity index (χ3n) is 5.67. The third kappa shape index (κ3) is 5.11. The van der Waals surface area contributed by atoms with Crippen LogP contribution in [0.5, 0.6) is 0 Å². The highest BCUT2D eigenvalue weighted by Gasteiger charge is 2.21. The van der Waals surface area contributed by atoms with Crippen LogP contribution in [0.15, 0.2) is 36.4 Å². The van der Waals surface area contributed by atoms with Crippen LogP contribution in [0.1, 0.15) is 26.2 Å². The monoisotopic (exact) mass is 425 g/mol. The number of para-hydroxylation sites is 1. The molecule has 2 fully saturated rings. The predicted molar refractivity (Wildman–Crippen MR) is 129 cm³/mol. The minimum atomic E-state index is 0.563. The van der Waals surface area contributed by atoms with Gasteiger partial charge in [-0.05, 0) is 50.5 Å². The molecule has 2 aliphatic heterocycles. The molecule has 0 spiro atoms. The number of piperidine rings is 1. The summed E-state index contributed by atoms with van der Waals surface area (Å²) in [5.74, 6) is 2.54. The second kappa shape index (κ2) is 9.93. The summed E-state index contributed by atoms with van der Waals surface area (Å²) < 4.78 is 0. The molecular weight excluding hydrogens is 394 g/mol. The number of hydrogen-bond acceptors (Lipinski definition) is 6. The van der Waals surface area contributed by atoms with E-state index in [1.807, 2.05) is 6.92 Å². The van der Waals surface area contributed by atoms with E-state index in [0.29, 0.717) is 11.1 Å². The summed E-state index contributed by atoms with van der Waals surface area (Å²) in [4.78, 5) is 16.7. The van der Waals surface area contributed by atoms with Gasteiger partial charge in [0.25, 0.3) is 0 Å². The lowest BCUT2D eigenvalue weighted by atomic mass is 10.1. The molecule has 0 amide bonds. The van der Waals surface area contributed by atoms with Crippen molar-refractivity contribution >= 4 is 40.6 Å². The maximum atomic E-state index is 5.37. The van der Waals surface area contributed by atoms with Crippen molar-refractivity contribution in [1.82, 2.24) is 15.3 Å². The van der Waals surface area contributed by atoms with E-state index in [0.717, 1.165) is 57.4 Å². The molecule has 0 radical (unpaired) electrons. The summed E-state index contributed by atoms with van der Waals surface area (Å²) in [7, 11) is 0. The van der Waals surface area contributed by atoms with Gasteiger partial charge >= 0.3 is 0 Å². The number of anilines is 4. The average Bonchev–Trinajstić information content (AvgIpc) is 2.80. The van der Waals surface area contributed by atoms with Crippen molar-refractivity contribution < 1.29 is 0 Å². The van der Waals surface area contributed by atoms with Gasteiger partial charge in [-0.25, -0.2) is 0 Å². The highest BCUT2D eigenvalue weighted by molar-refractivity contribution is 7.80. The van der Waals surface area contributed by atoms with E-state index in [9.17, 15) is 0 Å². The van der Waals surface area contributed by atoms with Gasteiger partial charge in [-0.3, -0.25) is 0 Å². The highest BCUT2D eigenvalue weighted by atomic mass is 32.1. The van der Waals surface area contributed by atoms with Crippen LogP contribution in [0.4, 0.5) is 23.3 Å². The normalized spacial score (nSPS) is 17.0. The number of nitrogens with zero attached hydrogens (tertiary/aromatic N) is 5. The second-order valence-corrected chi connectivity index (χ2v) is 8.16. The molecule has 0 atom stereocenters. The molecule has 160 valence electrons. The van der Waals surface area contributed by atoms with Crippen molar-refractivity contribution in [3.63, 3.8) is 0 Å². The maximum Gasteiger partial charge on any atom is 0.232 e. The highest BCUT2D eigenvalue weighted by Crippen LogP contribution is 2.25. The lowest BCUT2D eigenvalue weighted by molar-refractivity contribution is 0.573. The van der Waals surface area contributed by atoms with Gasteiger partial charge in [-0.1, -0.05) is 18.2 Å². The summed E-state index contributed by atoms with van der Waals surface area (Å²) >= 11 is 5.37. The molecule has 0 bridgehead atoms. The Morgan fingerprint density at radius 2 is 1.47 bits per heavy atom. The molecule has 4 rings (SSSR count). The van der Waals surface area contributed by atoms with E-state index in [4.69, 9.17) is 22.2 Å². The van der Waals surface area contributed by atoms with Gasteiger partial charge in [0, 0.05) is 57.6 Å². The van der Waals surface area contributed by atoms with Crippen LogP contribution in [0.2, 0.25) is 0 Å². The Morgan fingerprint density at radius 1 is 0.867 bits per heavy atom. The van der Waals surface area contributed by atoms with Gasteiger partial charge in [0.05, 0.1) is 0 Å². The average molecular weight is 426 g/mol. The fraction of sp³-hybridized carbons (Fsp3) is 0.500. The minimum Gasteiger partial charge on any atom is -0.368 e. The number of hydrogen-bond donors (Lipinski definition) is 2. The number of rotatable bonds is 5. The summed E-state index contributed by atoms with van der Waals surface area (Å²) in [6, 6.07) is 12.8. The van der Waals surface area contributed by atoms with Crippen molar-refractivity contribution in [2.45, 2.75) is 26.2 Å². The minimum absolute atomic E-state index is 0.563. The van der Waals surface area contributed by atoms with E-state index in [-0.39, 0.29) is 0 Å². The van der Waals surface area contributed by atoms with Gasteiger partial charge in [0.2, 0.25) is 5.95 Å². The van der Waals surface area contributed by atoms with Gasteiger partial charge in [-0.15, -0.1) is 0 Å². The standard InChI is InChI=1S/C22H31N7S/c1-2-23-22(30)26-21-24-19(28-11-7-4-8-12-28)17-20(25-21)29-15-13-27(14-16-29)18-9-5-3-6-10-18/h3,5-6,9-10,17H,2,4,7-8,11-16H2,1H3,(H2,23,24,25,26,30). The molecule has 2 aliphatic rings. The zero-order valence-electron chi connectivity index (χ0n) is 17.7. The quantitative estimate of drug-likeness (QED) is 0.709. The van der Waals surface area contributed by atoms with Crippen LogP contribution < -0.4 is 25.3 Å². The van der Waals surface area contributed by atoms with E-state index >= 15 is 0 Å². The Balaban J connectivity index is 1.51. The first-order valence-corrected chi connectivity index (χ1v) is 11.4. The van der Waals surface area contributed by atoms with Crippen molar-refractivity contribution in [3.05, 3.63) is 36.4 Å². The summed E-state index contributed by atoms with van der Waals surface area (Å²) in [5, 5.41) is 6.86. The third-order valence-corrected chi connectivity index (χ3v) is 5.91. The molecule has 3 heterocycles. The molecule has 0 saturated carbocycles. The zero-order valence-corrected chi connectivity index (χ0v) is 18.5. The van der Waals surface area contributed by atoms with Crippen molar-refractivity contribution in [3.8, 4) is 0 Å². The largest absolute Gasteiger partial charge is 0.368 e. The molecule has 1 aromatic heterocycles. The van der Waals surface area contributed by atoms with Crippen molar-refractivity contribution in [2.75, 3.05) is 65.8 Å². The lowest BCUT2D eigenvalue weighted by Crippen LogP contribution is -2.47. The first-order valence-electron chi connectivity index (χ1n) is 11.0. The molecule has 7 nitrogen and oxygen atoms in total. The SMILES string of the molecule is CCNC(=S)Nc1nc(N2CCCCC2)cc(N2CCN(c3ccccc3)CC2)n1. The lowest BCUT2D eigenvalue weighted by Gasteiger charge is -2.37. The number of aromatic nitrogens is 2. The molecule has 2 N–H and O–H groups in total. The molecule has 2 aromatic rings. The van der Waals surface area contributed by atoms with Crippen LogP contribution in [-0.2, 0) is 0 Å². The smallest absolute Gasteiger partial charge is 0.232 e. The first kappa shape index (κ1) is 20.7. The van der Waals surface area contributed by atoms with Crippen LogP contribution in [0.25, 0.3) is 0 Å². The van der Waals surface area contributed by atoms with Gasteiger partial charge in [0.1, 0.15) is 11.6 Å². The molecular formula is C22H31N7S. The Labute approximate surface area is 184 Å². The molecule has 30 heavy (non-hydrogen) atoms. The van der Waals surface area contributed by atoms with Crippen LogP contribution in [-0.4, -0.2) is 60.9 Å². The Kier molecular flexibility index (Phi) is 6.84. The number of piperazine rings is 1. The van der Waals surface area contributed by atoms with Gasteiger partial charge in [0.15, 0.2) is 5.11 Å². The molecule has 8 heteroatoms. The van der Waals surface area contributed by atoms with Crippen LogP contribution >= 0.6 is 12.2 Å². The summed E-state index contributed by atoms with van der Waals surface area (Å²) in [6.45, 7) is 8.72. The van der Waals surface area contributed by atoms with E-state index in [2.05, 4.69) is 61.7 Å². The predicted octanol–water partition coefficient (Wildman–Crippen LogP) is 3.10. The summed E-state index contributed by atoms with van der Waals surface area (Å²) in [5.41, 5.74) is 1.28. The molecule has 1 aromatic carbocycles. The van der Waals surface area contributed by atoms with Crippen molar-refractivity contribution in [2.24, 2.45) is 0 Å². The maximum absolute atomic E-state index is 5.37. The van der Waals surface area contributed by atoms with E-state index in [1.165, 1.54) is 24.9 Å². The zero-order chi connectivity index (χ0) is 20.8. The van der Waals surface area contributed by atoms with Gasteiger partial charge < -0.3 is 25.3 Å². The topological polar surface area (TPSA) is 59.6 Å². The van der Waals surface area contributed by atoms with E-state index < -0.39 is 0 Å². The summed E-state index contributed by atoms with van der Waals surface area (Å²) in [6.07, 6.45) is 3.73. The molecule has 2 saturated heterocycles. The first-order chi connectivity index (χ1) is 14.7. The fourth-order valence-corrected chi connectivity index (χ4v) is 4.30. The number of benzene rings is 1.